The van der Waals surface area contributed by atoms with Gasteiger partial charge >= 0.3 is 0 Å². The number of phenolic OH excluding ortho intramolecular Hbond substituents is 2. The van der Waals surface area contributed by atoms with Crippen LogP contribution in [-0.4, -0.2) is 60.6 Å². The zero-order valence-corrected chi connectivity index (χ0v) is 25.4. The van der Waals surface area contributed by atoms with Gasteiger partial charge in [-0.3, -0.25) is 9.79 Å². The largest absolute Gasteiger partial charge is 0.508 e. The smallest absolute Gasteiger partial charge is 0.256 e. The fourth-order valence-electron chi connectivity index (χ4n) is 5.10. The van der Waals surface area contributed by atoms with Crippen LogP contribution < -0.4 is 24.7 Å². The third-order valence-corrected chi connectivity index (χ3v) is 7.38. The first-order chi connectivity index (χ1) is 20.5. The van der Waals surface area contributed by atoms with E-state index in [2.05, 4.69) is 25.8 Å². The van der Waals surface area contributed by atoms with E-state index in [-0.39, 0.29) is 28.9 Å². The number of ether oxygens (including phenoxy) is 4. The number of nitrogen functional groups attached to an aromatic ring is 1. The van der Waals surface area contributed by atoms with E-state index in [9.17, 15) is 15.0 Å². The van der Waals surface area contributed by atoms with Crippen molar-refractivity contribution in [1.29, 1.82) is 0 Å². The highest BCUT2D eigenvalue weighted by atomic mass is 16.5. The van der Waals surface area contributed by atoms with E-state index >= 15 is 0 Å². The Bertz CT molecular complexity index is 1470. The lowest BCUT2D eigenvalue weighted by Gasteiger charge is -2.25. The lowest BCUT2D eigenvalue weighted by Crippen LogP contribution is -2.35. The van der Waals surface area contributed by atoms with Crippen LogP contribution in [0.3, 0.4) is 0 Å². The van der Waals surface area contributed by atoms with E-state index in [0.717, 1.165) is 32.2 Å². The van der Waals surface area contributed by atoms with Gasteiger partial charge in [-0.15, -0.1) is 0 Å². The van der Waals surface area contributed by atoms with Crippen LogP contribution in [0.2, 0.25) is 0 Å². The normalized spacial score (nSPS) is 15.5. The maximum atomic E-state index is 12.8. The second kappa shape index (κ2) is 13.6. The Hall–Kier alpha value is -4.60. The van der Waals surface area contributed by atoms with E-state index in [1.807, 2.05) is 17.2 Å². The van der Waals surface area contributed by atoms with Gasteiger partial charge in [-0.2, -0.15) is 0 Å². The Morgan fingerprint density at radius 2 is 1.77 bits per heavy atom. The summed E-state index contributed by atoms with van der Waals surface area (Å²) >= 11 is 0. The molecule has 43 heavy (non-hydrogen) atoms. The Morgan fingerprint density at radius 3 is 2.49 bits per heavy atom. The molecule has 1 amide bonds. The van der Waals surface area contributed by atoms with Crippen molar-refractivity contribution >= 4 is 23.5 Å². The van der Waals surface area contributed by atoms with Gasteiger partial charge in [-0.05, 0) is 55.0 Å². The number of hydrogen-bond acceptors (Lipinski definition) is 9. The van der Waals surface area contributed by atoms with Crippen molar-refractivity contribution in [2.45, 2.75) is 52.5 Å². The van der Waals surface area contributed by atoms with Gasteiger partial charge in [-0.25, -0.2) is 0 Å². The van der Waals surface area contributed by atoms with Crippen LogP contribution in [0.5, 0.6) is 40.2 Å². The summed E-state index contributed by atoms with van der Waals surface area (Å²) in [6.45, 7) is 7.96. The fraction of sp³-hybridized carbons (Fsp3) is 0.394. The number of aromatic hydroxyl groups is 2. The number of aliphatic imine (C=N–C) groups is 1. The lowest BCUT2D eigenvalue weighted by molar-refractivity contribution is 0.0774. The van der Waals surface area contributed by atoms with Crippen LogP contribution >= 0.6 is 0 Å². The van der Waals surface area contributed by atoms with Gasteiger partial charge in [-0.1, -0.05) is 27.2 Å². The van der Waals surface area contributed by atoms with Crippen molar-refractivity contribution in [3.8, 4) is 40.2 Å². The predicted octanol–water partition coefficient (Wildman–Crippen LogP) is 6.70. The molecule has 3 aromatic carbocycles. The predicted molar refractivity (Wildman–Crippen MR) is 167 cm³/mol. The second-order valence-corrected chi connectivity index (χ2v) is 11.4. The Morgan fingerprint density at radius 1 is 1.00 bits per heavy atom. The van der Waals surface area contributed by atoms with Crippen molar-refractivity contribution in [1.82, 2.24) is 4.90 Å². The molecule has 3 aromatic rings. The maximum absolute atomic E-state index is 12.8. The second-order valence-electron chi connectivity index (χ2n) is 11.4. The summed E-state index contributed by atoms with van der Waals surface area (Å²) in [5.74, 6) is 2.44. The van der Waals surface area contributed by atoms with Crippen LogP contribution in [0.25, 0.3) is 0 Å². The van der Waals surface area contributed by atoms with Gasteiger partial charge in [0.05, 0.1) is 43.8 Å². The summed E-state index contributed by atoms with van der Waals surface area (Å²) in [5.41, 5.74) is 7.48. The minimum absolute atomic E-state index is 0.0220. The molecule has 230 valence electrons. The van der Waals surface area contributed by atoms with E-state index in [4.69, 9.17) is 24.7 Å². The Labute approximate surface area is 252 Å². The van der Waals surface area contributed by atoms with E-state index in [1.165, 1.54) is 31.4 Å². The topological polar surface area (TPSA) is 136 Å². The molecule has 1 fully saturated rings. The molecule has 1 atom stereocenters. The number of fused-ring (bicyclic) bond motifs is 2. The molecule has 4 N–H and O–H groups in total. The lowest BCUT2D eigenvalue weighted by atomic mass is 9.89. The standard InChI is InChI=1S/C20H28N2O3.C13H13NO4/c1-5-8-20(2,3)13-25-18-11-16-15(10-17(18)24-4)19(23)22-9-6-7-14(22)12-21-16;1-17-13-7-9(3-5-11(13)16)18-12-6-8(15)2-4-10(12)14/h10-12,14H,5-9,13H2,1-4H3;2-7,15-16H,14H2,1H3. The Balaban J connectivity index is 0.000000208. The van der Waals surface area contributed by atoms with Gasteiger partial charge in [0.25, 0.3) is 5.91 Å². The average Bonchev–Trinajstić information content (AvgIpc) is 3.42. The van der Waals surface area contributed by atoms with Crippen molar-refractivity contribution < 1.29 is 34.0 Å². The summed E-state index contributed by atoms with van der Waals surface area (Å²) in [4.78, 5) is 19.3. The van der Waals surface area contributed by atoms with Crippen molar-refractivity contribution in [3.05, 3.63) is 54.1 Å². The minimum Gasteiger partial charge on any atom is -0.508 e. The van der Waals surface area contributed by atoms with Crippen LogP contribution in [0.15, 0.2) is 53.5 Å². The number of carbonyl (C=O) groups is 1. The maximum Gasteiger partial charge on any atom is 0.256 e. The first-order valence-electron chi connectivity index (χ1n) is 14.4. The first-order valence-corrected chi connectivity index (χ1v) is 14.4. The first kappa shape index (κ1) is 31.3. The molecule has 0 aliphatic carbocycles. The van der Waals surface area contributed by atoms with E-state index in [0.29, 0.717) is 52.3 Å². The number of nitrogens with two attached hydrogens (primary N) is 1. The molecular weight excluding hydrogens is 550 g/mol. The van der Waals surface area contributed by atoms with Crippen LogP contribution in [0, 0.1) is 5.41 Å². The number of amides is 1. The van der Waals surface area contributed by atoms with E-state index < -0.39 is 0 Å². The van der Waals surface area contributed by atoms with Crippen molar-refractivity contribution in [2.24, 2.45) is 10.4 Å². The van der Waals surface area contributed by atoms with Crippen LogP contribution in [-0.2, 0) is 0 Å². The molecule has 0 aromatic heterocycles. The van der Waals surface area contributed by atoms with Crippen LogP contribution in [0.4, 0.5) is 11.4 Å². The monoisotopic (exact) mass is 591 g/mol. The molecule has 5 rings (SSSR count). The van der Waals surface area contributed by atoms with Crippen molar-refractivity contribution in [2.75, 3.05) is 33.1 Å². The zero-order valence-electron chi connectivity index (χ0n) is 25.4. The van der Waals surface area contributed by atoms with Crippen molar-refractivity contribution in [3.63, 3.8) is 0 Å². The van der Waals surface area contributed by atoms with Gasteiger partial charge < -0.3 is 39.8 Å². The highest BCUT2D eigenvalue weighted by Crippen LogP contribution is 2.39. The minimum atomic E-state index is 0.0220. The molecular formula is C33H41N3O7. The summed E-state index contributed by atoms with van der Waals surface area (Å²) in [6, 6.07) is 12.7. The molecule has 1 unspecified atom stereocenters. The third kappa shape index (κ3) is 7.63. The number of carbonyl (C=O) groups excluding carboxylic acids is 1. The van der Waals surface area contributed by atoms with Crippen LogP contribution in [0.1, 0.15) is 56.8 Å². The highest BCUT2D eigenvalue weighted by molar-refractivity contribution is 6.03. The van der Waals surface area contributed by atoms with Gasteiger partial charge in [0.1, 0.15) is 11.5 Å². The van der Waals surface area contributed by atoms with E-state index in [1.54, 1.807) is 25.3 Å². The van der Waals surface area contributed by atoms with Gasteiger partial charge in [0.15, 0.2) is 28.7 Å². The molecule has 2 heterocycles. The molecule has 10 heteroatoms. The summed E-state index contributed by atoms with van der Waals surface area (Å²) in [6.07, 6.45) is 6.12. The molecule has 0 bridgehead atoms. The van der Waals surface area contributed by atoms with Gasteiger partial charge in [0.2, 0.25) is 0 Å². The molecule has 0 saturated carbocycles. The quantitative estimate of drug-likeness (QED) is 0.185. The molecule has 2 aliphatic rings. The summed E-state index contributed by atoms with van der Waals surface area (Å²) in [7, 11) is 3.05. The molecule has 10 nitrogen and oxygen atoms in total. The fourth-order valence-corrected chi connectivity index (χ4v) is 5.10. The number of rotatable bonds is 9. The number of nitrogens with zero attached hydrogens (tertiary/aromatic N) is 2. The number of anilines is 1. The average molecular weight is 592 g/mol. The highest BCUT2D eigenvalue weighted by Gasteiger charge is 2.32. The molecule has 0 radical (unpaired) electrons. The zero-order chi connectivity index (χ0) is 31.1. The number of hydrogen-bond donors (Lipinski definition) is 3. The number of phenols is 2. The molecule has 0 spiro atoms. The SMILES string of the molecule is CCCC(C)(C)COc1cc2c(cc1OC)C(=O)N1CCCC1C=N2.COc1cc(Oc2cc(O)ccc2N)ccc1O. The van der Waals surface area contributed by atoms with Gasteiger partial charge in [0, 0.05) is 31.0 Å². The Kier molecular flexibility index (Phi) is 9.90. The third-order valence-electron chi connectivity index (χ3n) is 7.38. The number of methoxy groups -OCH3 is 2. The number of benzene rings is 3. The molecule has 1 saturated heterocycles. The summed E-state index contributed by atoms with van der Waals surface area (Å²) in [5, 5.41) is 18.8. The molecule has 2 aliphatic heterocycles. The summed E-state index contributed by atoms with van der Waals surface area (Å²) < 4.78 is 22.0.